The Morgan fingerprint density at radius 1 is 1.40 bits per heavy atom. The van der Waals surface area contributed by atoms with E-state index in [4.69, 9.17) is 10.6 Å². The summed E-state index contributed by atoms with van der Waals surface area (Å²) in [5.41, 5.74) is 3.20. The molecular formula is C12H13N5O2S. The molecule has 0 bridgehead atoms. The van der Waals surface area contributed by atoms with E-state index < -0.39 is 0 Å². The van der Waals surface area contributed by atoms with Crippen LogP contribution in [0.15, 0.2) is 24.3 Å². The van der Waals surface area contributed by atoms with E-state index in [0.29, 0.717) is 35.5 Å². The van der Waals surface area contributed by atoms with Gasteiger partial charge in [0, 0.05) is 0 Å². The second-order valence-electron chi connectivity index (χ2n) is 4.19. The fourth-order valence-electron chi connectivity index (χ4n) is 2.00. The van der Waals surface area contributed by atoms with Gasteiger partial charge in [0.15, 0.2) is 0 Å². The number of amides is 1. The van der Waals surface area contributed by atoms with E-state index in [1.165, 1.54) is 11.3 Å². The Morgan fingerprint density at radius 2 is 2.25 bits per heavy atom. The van der Waals surface area contributed by atoms with Gasteiger partial charge in [-0.05, 0) is 12.1 Å². The predicted molar refractivity (Wildman–Crippen MR) is 75.5 cm³/mol. The molecule has 0 aliphatic carbocycles. The van der Waals surface area contributed by atoms with Crippen molar-refractivity contribution < 1.29 is 9.53 Å². The lowest BCUT2D eigenvalue weighted by Crippen LogP contribution is -2.29. The fourth-order valence-corrected chi connectivity index (χ4v) is 2.64. The summed E-state index contributed by atoms with van der Waals surface area (Å²) in [6.07, 6.45) is 0.343. The number of fused-ring (bicyclic) bond motifs is 1. The molecule has 2 aromatic rings. The van der Waals surface area contributed by atoms with Gasteiger partial charge in [0.2, 0.25) is 11.0 Å². The average Bonchev–Trinajstić information content (AvgIpc) is 2.87. The highest BCUT2D eigenvalue weighted by Gasteiger charge is 2.24. The Hall–Kier alpha value is -2.19. The van der Waals surface area contributed by atoms with Crippen LogP contribution in [0.5, 0.6) is 5.75 Å². The molecule has 2 heterocycles. The first-order valence-electron chi connectivity index (χ1n) is 6.09. The molecule has 1 aromatic heterocycles. The van der Waals surface area contributed by atoms with Crippen LogP contribution in [0.2, 0.25) is 0 Å². The maximum atomic E-state index is 12.2. The number of nitrogens with one attached hydrogen (secondary N) is 1. The molecule has 7 nitrogen and oxygen atoms in total. The number of nitrogens with two attached hydrogens (primary N) is 1. The number of hydrogen-bond acceptors (Lipinski definition) is 7. The van der Waals surface area contributed by atoms with Crippen LogP contribution in [0.25, 0.3) is 0 Å². The van der Waals surface area contributed by atoms with E-state index >= 15 is 0 Å². The Morgan fingerprint density at radius 3 is 3.05 bits per heavy atom. The smallest absolute Gasteiger partial charge is 0.230 e. The summed E-state index contributed by atoms with van der Waals surface area (Å²) in [6, 6.07) is 7.48. The molecule has 3 rings (SSSR count). The lowest BCUT2D eigenvalue weighted by atomic mass is 10.2. The van der Waals surface area contributed by atoms with Crippen molar-refractivity contribution >= 4 is 28.1 Å². The summed E-state index contributed by atoms with van der Waals surface area (Å²) in [5, 5.41) is 9.11. The van der Waals surface area contributed by atoms with Crippen molar-refractivity contribution in [2.24, 2.45) is 5.84 Å². The normalized spacial score (nSPS) is 14.4. The van der Waals surface area contributed by atoms with Crippen LogP contribution in [0.4, 0.5) is 10.8 Å². The van der Waals surface area contributed by atoms with Crippen molar-refractivity contribution in [1.29, 1.82) is 0 Å². The van der Waals surface area contributed by atoms with Gasteiger partial charge in [-0.25, -0.2) is 5.84 Å². The molecule has 0 saturated carbocycles. The maximum absolute atomic E-state index is 12.2. The maximum Gasteiger partial charge on any atom is 0.230 e. The average molecular weight is 291 g/mol. The molecule has 1 aliphatic heterocycles. The lowest BCUT2D eigenvalue weighted by Gasteiger charge is -2.20. The van der Waals surface area contributed by atoms with Crippen LogP contribution in [0.1, 0.15) is 11.4 Å². The van der Waals surface area contributed by atoms with Crippen LogP contribution in [0, 0.1) is 0 Å². The van der Waals surface area contributed by atoms with Gasteiger partial charge in [-0.2, -0.15) is 0 Å². The molecule has 8 heteroatoms. The molecule has 0 atom stereocenters. The first-order valence-corrected chi connectivity index (χ1v) is 6.91. The minimum absolute atomic E-state index is 0.00686. The van der Waals surface area contributed by atoms with Crippen LogP contribution in [-0.4, -0.2) is 22.7 Å². The minimum atomic E-state index is 0.00686. The molecule has 3 N–H and O–H groups in total. The van der Waals surface area contributed by atoms with Gasteiger partial charge in [-0.3, -0.25) is 10.2 Å². The summed E-state index contributed by atoms with van der Waals surface area (Å²) in [4.78, 5) is 13.9. The Labute approximate surface area is 119 Å². The molecule has 20 heavy (non-hydrogen) atoms. The monoisotopic (exact) mass is 291 g/mol. The molecular weight excluding hydrogens is 278 g/mol. The zero-order chi connectivity index (χ0) is 13.9. The van der Waals surface area contributed by atoms with Crippen molar-refractivity contribution in [2.45, 2.75) is 13.0 Å². The lowest BCUT2D eigenvalue weighted by molar-refractivity contribution is -0.118. The second-order valence-corrected chi connectivity index (χ2v) is 5.25. The third-order valence-electron chi connectivity index (χ3n) is 2.91. The van der Waals surface area contributed by atoms with E-state index in [0.717, 1.165) is 5.69 Å². The zero-order valence-electron chi connectivity index (χ0n) is 10.6. The van der Waals surface area contributed by atoms with Crippen molar-refractivity contribution in [3.8, 4) is 5.75 Å². The third kappa shape index (κ3) is 2.43. The number of carbonyl (C=O) groups is 1. The first-order chi connectivity index (χ1) is 9.78. The van der Waals surface area contributed by atoms with Gasteiger partial charge in [0.05, 0.1) is 25.3 Å². The summed E-state index contributed by atoms with van der Waals surface area (Å²) < 4.78 is 5.59. The number of hydrogen-bond donors (Lipinski definition) is 2. The van der Waals surface area contributed by atoms with Gasteiger partial charge < -0.3 is 9.64 Å². The molecule has 1 aliphatic rings. The Balaban J connectivity index is 1.91. The predicted octanol–water partition coefficient (Wildman–Crippen LogP) is 1.14. The van der Waals surface area contributed by atoms with Crippen molar-refractivity contribution in [2.75, 3.05) is 16.9 Å². The van der Waals surface area contributed by atoms with E-state index in [1.807, 2.05) is 24.3 Å². The summed E-state index contributed by atoms with van der Waals surface area (Å²) >= 11 is 1.32. The molecule has 0 saturated heterocycles. The summed E-state index contributed by atoms with van der Waals surface area (Å²) in [6.45, 7) is 0.747. The van der Waals surface area contributed by atoms with Crippen LogP contribution >= 0.6 is 11.3 Å². The minimum Gasteiger partial charge on any atom is -0.491 e. The molecule has 0 fully saturated rings. The number of nitrogen functional groups attached to an aromatic ring is 1. The fraction of sp³-hybridized carbons (Fsp3) is 0.250. The number of ether oxygens (including phenoxy) is 1. The van der Waals surface area contributed by atoms with Gasteiger partial charge >= 0.3 is 0 Å². The van der Waals surface area contributed by atoms with E-state index in [2.05, 4.69) is 15.6 Å². The number of nitrogens with zero attached hydrogens (tertiary/aromatic N) is 3. The highest BCUT2D eigenvalue weighted by atomic mass is 32.1. The molecule has 104 valence electrons. The van der Waals surface area contributed by atoms with Crippen molar-refractivity contribution in [1.82, 2.24) is 10.2 Å². The van der Waals surface area contributed by atoms with Gasteiger partial charge in [-0.1, -0.05) is 23.5 Å². The van der Waals surface area contributed by atoms with Crippen molar-refractivity contribution in [3.63, 3.8) is 0 Å². The van der Waals surface area contributed by atoms with Crippen LogP contribution in [0.3, 0.4) is 0 Å². The van der Waals surface area contributed by atoms with Crippen LogP contribution in [-0.2, 0) is 11.3 Å². The third-order valence-corrected chi connectivity index (χ3v) is 3.75. The summed E-state index contributed by atoms with van der Waals surface area (Å²) in [7, 11) is 0. The zero-order valence-corrected chi connectivity index (χ0v) is 11.4. The van der Waals surface area contributed by atoms with Gasteiger partial charge in [0.1, 0.15) is 10.8 Å². The molecule has 0 radical (unpaired) electrons. The summed E-state index contributed by atoms with van der Waals surface area (Å²) in [5.74, 6) is 6.00. The number of carbonyl (C=O) groups excluding carboxylic acids is 1. The van der Waals surface area contributed by atoms with E-state index in [1.54, 1.807) is 4.90 Å². The largest absolute Gasteiger partial charge is 0.491 e. The highest BCUT2D eigenvalue weighted by Crippen LogP contribution is 2.32. The molecule has 1 aromatic carbocycles. The Kier molecular flexibility index (Phi) is 3.48. The molecule has 0 spiro atoms. The topological polar surface area (TPSA) is 93.4 Å². The van der Waals surface area contributed by atoms with Crippen molar-refractivity contribution in [3.05, 3.63) is 29.3 Å². The number of para-hydroxylation sites is 2. The standard InChI is InChI=1S/C12H13N5O2S/c13-14-12-16-15-10(20-12)7-17-8-3-1-2-4-9(8)19-6-5-11(17)18/h1-4H,5-7,13H2,(H,14,16). The highest BCUT2D eigenvalue weighted by molar-refractivity contribution is 7.15. The first kappa shape index (κ1) is 12.8. The quantitative estimate of drug-likeness (QED) is 0.650. The number of benzene rings is 1. The number of rotatable bonds is 3. The molecule has 0 unspecified atom stereocenters. The van der Waals surface area contributed by atoms with E-state index in [9.17, 15) is 4.79 Å². The number of hydrazine groups is 1. The SMILES string of the molecule is NNc1nnc(CN2C(=O)CCOc3ccccc32)s1. The molecule has 1 amide bonds. The second kappa shape index (κ2) is 5.43. The van der Waals surface area contributed by atoms with Gasteiger partial charge in [0.25, 0.3) is 0 Å². The van der Waals surface area contributed by atoms with Crippen LogP contribution < -0.4 is 20.9 Å². The number of aromatic nitrogens is 2. The van der Waals surface area contributed by atoms with Gasteiger partial charge in [-0.15, -0.1) is 10.2 Å². The van der Waals surface area contributed by atoms with E-state index in [-0.39, 0.29) is 5.91 Å². The number of anilines is 2. The Bertz CT molecular complexity index is 630.